The molecule has 0 spiro atoms. The van der Waals surface area contributed by atoms with Gasteiger partial charge >= 0.3 is 6.18 Å². The van der Waals surface area contributed by atoms with E-state index >= 15 is 0 Å². The highest BCUT2D eigenvalue weighted by atomic mass is 19.4. The number of nitrogens with one attached hydrogen (secondary N) is 1. The Morgan fingerprint density at radius 1 is 1.08 bits per heavy atom. The van der Waals surface area contributed by atoms with E-state index in [1.54, 1.807) is 42.9 Å². The number of fused-ring (bicyclic) bond motifs is 1. The number of primary amides is 1. The van der Waals surface area contributed by atoms with Gasteiger partial charge in [0.2, 0.25) is 5.91 Å². The molecule has 1 amide bonds. The molecule has 37 heavy (non-hydrogen) atoms. The summed E-state index contributed by atoms with van der Waals surface area (Å²) in [5, 5.41) is 7.11. The van der Waals surface area contributed by atoms with Crippen LogP contribution >= 0.6 is 0 Å². The minimum atomic E-state index is -4.73. The van der Waals surface area contributed by atoms with Gasteiger partial charge in [0, 0.05) is 35.8 Å². The zero-order valence-electron chi connectivity index (χ0n) is 19.9. The number of nitrogens with two attached hydrogens (primary N) is 1. The normalized spacial score (nSPS) is 11.8. The number of amides is 1. The summed E-state index contributed by atoms with van der Waals surface area (Å²) in [7, 11) is 0. The Hall–Kier alpha value is -4.67. The molecule has 11 heteroatoms. The quantitative estimate of drug-likeness (QED) is 0.330. The van der Waals surface area contributed by atoms with Crippen LogP contribution in [0, 0.1) is 0 Å². The number of anilines is 1. The van der Waals surface area contributed by atoms with Crippen LogP contribution in [-0.2, 0) is 6.18 Å². The predicted octanol–water partition coefficient (Wildman–Crippen LogP) is 5.21. The fraction of sp³-hybridized carbons (Fsp3) is 0.154. The van der Waals surface area contributed by atoms with Gasteiger partial charge in [0.05, 0.1) is 40.0 Å². The molecular formula is C26H22F3N7O. The van der Waals surface area contributed by atoms with Crippen LogP contribution in [0.3, 0.4) is 0 Å². The molecule has 0 saturated carbocycles. The lowest BCUT2D eigenvalue weighted by Crippen LogP contribution is -2.16. The number of halogens is 3. The van der Waals surface area contributed by atoms with Crippen molar-refractivity contribution in [1.29, 1.82) is 0 Å². The number of benzene rings is 2. The topological polar surface area (TPSA) is 104 Å². The van der Waals surface area contributed by atoms with E-state index in [4.69, 9.17) is 5.73 Å². The second-order valence-corrected chi connectivity index (χ2v) is 8.73. The Bertz CT molecular complexity index is 1600. The first kappa shape index (κ1) is 24.0. The lowest BCUT2D eigenvalue weighted by molar-refractivity contribution is -0.140. The number of alkyl halides is 3. The molecule has 0 aliphatic heterocycles. The molecule has 0 aliphatic rings. The summed E-state index contributed by atoms with van der Waals surface area (Å²) in [6.45, 7) is 3.75. The van der Waals surface area contributed by atoms with E-state index in [2.05, 4.69) is 20.4 Å². The van der Waals surface area contributed by atoms with Crippen LogP contribution in [-0.4, -0.2) is 36.3 Å². The van der Waals surface area contributed by atoms with Gasteiger partial charge < -0.3 is 15.6 Å². The summed E-state index contributed by atoms with van der Waals surface area (Å²) >= 11 is 0. The fourth-order valence-electron chi connectivity index (χ4n) is 4.17. The first-order chi connectivity index (χ1) is 17.6. The van der Waals surface area contributed by atoms with Gasteiger partial charge in [-0.15, -0.1) is 0 Å². The third kappa shape index (κ3) is 4.51. The van der Waals surface area contributed by atoms with Gasteiger partial charge in [0.1, 0.15) is 0 Å². The lowest BCUT2D eigenvalue weighted by Gasteiger charge is -2.16. The van der Waals surface area contributed by atoms with Crippen molar-refractivity contribution in [2.24, 2.45) is 5.73 Å². The molecule has 0 radical (unpaired) electrons. The molecule has 0 atom stereocenters. The molecule has 0 unspecified atom stereocenters. The van der Waals surface area contributed by atoms with E-state index in [0.717, 1.165) is 5.56 Å². The van der Waals surface area contributed by atoms with E-state index in [1.165, 1.54) is 33.8 Å². The summed E-state index contributed by atoms with van der Waals surface area (Å²) in [5.41, 5.74) is 7.20. The van der Waals surface area contributed by atoms with Gasteiger partial charge in [-0.2, -0.15) is 18.3 Å². The fourth-order valence-corrected chi connectivity index (χ4v) is 4.17. The van der Waals surface area contributed by atoms with Crippen molar-refractivity contribution in [3.05, 3.63) is 84.7 Å². The maximum absolute atomic E-state index is 14.3. The van der Waals surface area contributed by atoms with Crippen molar-refractivity contribution in [2.75, 3.05) is 5.32 Å². The smallest absolute Gasteiger partial charge is 0.381 e. The van der Waals surface area contributed by atoms with Crippen molar-refractivity contribution in [3.8, 4) is 22.6 Å². The molecule has 188 valence electrons. The Labute approximate surface area is 209 Å². The average Bonchev–Trinajstić information content (AvgIpc) is 3.50. The van der Waals surface area contributed by atoms with Crippen molar-refractivity contribution >= 4 is 22.5 Å². The molecular weight excluding hydrogens is 483 g/mol. The summed E-state index contributed by atoms with van der Waals surface area (Å²) < 4.78 is 45.7. The minimum Gasteiger partial charge on any atom is -0.381 e. The van der Waals surface area contributed by atoms with E-state index < -0.39 is 17.8 Å². The third-order valence-corrected chi connectivity index (χ3v) is 5.73. The van der Waals surface area contributed by atoms with Gasteiger partial charge in [-0.3, -0.25) is 9.78 Å². The van der Waals surface area contributed by atoms with Gasteiger partial charge in [0.15, 0.2) is 5.69 Å². The van der Waals surface area contributed by atoms with E-state index in [0.29, 0.717) is 17.1 Å². The maximum atomic E-state index is 14.3. The molecule has 3 heterocycles. The van der Waals surface area contributed by atoms with Crippen molar-refractivity contribution < 1.29 is 18.0 Å². The number of hydrogen-bond donors (Lipinski definition) is 2. The Kier molecular flexibility index (Phi) is 5.90. The first-order valence-electron chi connectivity index (χ1n) is 11.4. The van der Waals surface area contributed by atoms with Gasteiger partial charge in [-0.05, 0) is 56.3 Å². The molecule has 0 saturated heterocycles. The molecule has 5 aromatic rings. The second-order valence-electron chi connectivity index (χ2n) is 8.73. The molecule has 0 aliphatic carbocycles. The standard InChI is InChI=1S/C26H22F3N7O/c1-15(2)33-18-11-16(25(30)37)8-9-20(18)36-22-7-3-6-21(23(22)24(34-36)26(27,28)29)35-13-19(32-14-35)17-5-4-10-31-12-17/h3-15,33H,1-2H3,(H2,30,37). The van der Waals surface area contributed by atoms with Gasteiger partial charge in [0.25, 0.3) is 0 Å². The number of pyridine rings is 1. The van der Waals surface area contributed by atoms with Crippen molar-refractivity contribution in [3.63, 3.8) is 0 Å². The Morgan fingerprint density at radius 3 is 2.57 bits per heavy atom. The highest BCUT2D eigenvalue weighted by Gasteiger charge is 2.38. The van der Waals surface area contributed by atoms with Crippen LogP contribution in [0.5, 0.6) is 0 Å². The van der Waals surface area contributed by atoms with Crippen LogP contribution in [0.25, 0.3) is 33.5 Å². The largest absolute Gasteiger partial charge is 0.435 e. The molecule has 0 fully saturated rings. The van der Waals surface area contributed by atoms with E-state index in [9.17, 15) is 18.0 Å². The number of aromatic nitrogens is 5. The summed E-state index contributed by atoms with van der Waals surface area (Å²) in [6.07, 6.45) is 1.64. The maximum Gasteiger partial charge on any atom is 0.435 e. The number of nitrogens with zero attached hydrogens (tertiary/aromatic N) is 5. The van der Waals surface area contributed by atoms with Crippen LogP contribution in [0.15, 0.2) is 73.4 Å². The van der Waals surface area contributed by atoms with Crippen molar-refractivity contribution in [1.82, 2.24) is 24.3 Å². The number of rotatable bonds is 6. The molecule has 3 N–H and O–H groups in total. The molecule has 5 rings (SSSR count). The highest BCUT2D eigenvalue weighted by Crippen LogP contribution is 2.39. The second kappa shape index (κ2) is 9.08. The Morgan fingerprint density at radius 2 is 1.89 bits per heavy atom. The molecule has 8 nitrogen and oxygen atoms in total. The summed E-state index contributed by atoms with van der Waals surface area (Å²) in [6, 6.07) is 12.8. The SMILES string of the molecule is CC(C)Nc1cc(C(N)=O)ccc1-n1nc(C(F)(F)F)c2c(-n3cnc(-c4cccnc4)c3)cccc21. The average molecular weight is 506 g/mol. The third-order valence-electron chi connectivity index (χ3n) is 5.73. The monoisotopic (exact) mass is 505 g/mol. The van der Waals surface area contributed by atoms with Crippen LogP contribution < -0.4 is 11.1 Å². The molecule has 0 bridgehead atoms. The zero-order chi connectivity index (χ0) is 26.3. The van der Waals surface area contributed by atoms with Crippen LogP contribution in [0.4, 0.5) is 18.9 Å². The molecule has 3 aromatic heterocycles. The number of imidazole rings is 1. The summed E-state index contributed by atoms with van der Waals surface area (Å²) in [5.74, 6) is -0.647. The van der Waals surface area contributed by atoms with E-state index in [1.807, 2.05) is 19.9 Å². The zero-order valence-corrected chi connectivity index (χ0v) is 19.9. The molecule has 2 aromatic carbocycles. The Balaban J connectivity index is 1.74. The van der Waals surface area contributed by atoms with Crippen molar-refractivity contribution in [2.45, 2.75) is 26.1 Å². The van der Waals surface area contributed by atoms with Crippen LogP contribution in [0.2, 0.25) is 0 Å². The van der Waals surface area contributed by atoms with Crippen LogP contribution in [0.1, 0.15) is 29.9 Å². The predicted molar refractivity (Wildman–Crippen MR) is 134 cm³/mol. The first-order valence-corrected chi connectivity index (χ1v) is 11.4. The van der Waals surface area contributed by atoms with Gasteiger partial charge in [-0.25, -0.2) is 9.67 Å². The van der Waals surface area contributed by atoms with E-state index in [-0.39, 0.29) is 28.2 Å². The minimum absolute atomic E-state index is 0.0711. The number of carbonyl (C=O) groups excluding carboxylic acids is 1. The number of carbonyl (C=O) groups is 1. The highest BCUT2D eigenvalue weighted by molar-refractivity contribution is 5.96. The number of hydrogen-bond acceptors (Lipinski definition) is 5. The summed E-state index contributed by atoms with van der Waals surface area (Å²) in [4.78, 5) is 20.2. The lowest BCUT2D eigenvalue weighted by atomic mass is 10.1. The van der Waals surface area contributed by atoms with Gasteiger partial charge in [-0.1, -0.05) is 6.07 Å².